The Bertz CT molecular complexity index is 442. The van der Waals surface area contributed by atoms with E-state index in [1.165, 1.54) is 13.3 Å². The van der Waals surface area contributed by atoms with E-state index in [1.54, 1.807) is 7.11 Å². The normalized spacial score (nSPS) is 13.5. The standard InChI is InChI=1S/C14H25O2PSi2/c1-15-13-10-8-12(9-11-13)14(16-18(2,3)4)17-19(5,6)7/h8-11H,1-7H3. The minimum absolute atomic E-state index is 0.890. The van der Waals surface area contributed by atoms with Crippen LogP contribution in [0.2, 0.25) is 39.3 Å². The first-order valence-electron chi connectivity index (χ1n) is 6.54. The lowest BCUT2D eigenvalue weighted by Crippen LogP contribution is -2.30. The van der Waals surface area contributed by atoms with E-state index in [2.05, 4.69) is 51.4 Å². The van der Waals surface area contributed by atoms with Crippen LogP contribution in [0.15, 0.2) is 24.3 Å². The highest BCUT2D eigenvalue weighted by atomic mass is 31.3. The summed E-state index contributed by atoms with van der Waals surface area (Å²) in [6.07, 6.45) is 0. The second-order valence-corrected chi connectivity index (χ2v) is 20.6. The van der Waals surface area contributed by atoms with E-state index in [0.29, 0.717) is 0 Å². The van der Waals surface area contributed by atoms with E-state index in [4.69, 9.17) is 9.16 Å². The number of hydrogen-bond donors (Lipinski definition) is 0. The summed E-state index contributed by atoms with van der Waals surface area (Å²) in [5.74, 6) is 0.890. The summed E-state index contributed by atoms with van der Waals surface area (Å²) in [6.45, 7) is 13.8. The third kappa shape index (κ3) is 6.52. The van der Waals surface area contributed by atoms with Crippen LogP contribution in [0.25, 0.3) is 0 Å². The van der Waals surface area contributed by atoms with Crippen molar-refractivity contribution in [2.24, 2.45) is 0 Å². The molecule has 1 aromatic rings. The quantitative estimate of drug-likeness (QED) is 0.574. The van der Waals surface area contributed by atoms with Gasteiger partial charge in [0.25, 0.3) is 0 Å². The average Bonchev–Trinajstić information content (AvgIpc) is 2.24. The molecule has 0 spiro atoms. The van der Waals surface area contributed by atoms with E-state index in [-0.39, 0.29) is 0 Å². The number of rotatable bonds is 5. The molecule has 0 bridgehead atoms. The monoisotopic (exact) mass is 312 g/mol. The van der Waals surface area contributed by atoms with Crippen molar-refractivity contribution in [3.63, 3.8) is 0 Å². The summed E-state index contributed by atoms with van der Waals surface area (Å²) in [6, 6.07) is 8.20. The van der Waals surface area contributed by atoms with E-state index in [0.717, 1.165) is 11.2 Å². The van der Waals surface area contributed by atoms with Crippen LogP contribution in [0.3, 0.4) is 0 Å². The van der Waals surface area contributed by atoms with Gasteiger partial charge in [-0.3, -0.25) is 0 Å². The number of ether oxygens (including phenoxy) is 1. The van der Waals surface area contributed by atoms with Gasteiger partial charge in [0.15, 0.2) is 8.32 Å². The minimum atomic E-state index is -1.58. The van der Waals surface area contributed by atoms with Crippen LogP contribution in [0, 0.1) is 0 Å². The maximum absolute atomic E-state index is 6.31. The van der Waals surface area contributed by atoms with Gasteiger partial charge in [0.05, 0.1) is 12.6 Å². The molecule has 0 radical (unpaired) electrons. The molecule has 0 N–H and O–H groups in total. The van der Waals surface area contributed by atoms with Gasteiger partial charge in [-0.2, -0.15) is 0 Å². The van der Waals surface area contributed by atoms with Gasteiger partial charge in [0.1, 0.15) is 13.5 Å². The van der Waals surface area contributed by atoms with Crippen molar-refractivity contribution < 1.29 is 9.16 Å². The number of benzene rings is 1. The van der Waals surface area contributed by atoms with E-state index in [9.17, 15) is 0 Å². The molecule has 0 amide bonds. The fourth-order valence-electron chi connectivity index (χ4n) is 1.47. The molecule has 106 valence electrons. The summed E-state index contributed by atoms with van der Waals surface area (Å²) >= 11 is 0. The van der Waals surface area contributed by atoms with Crippen molar-refractivity contribution >= 4 is 29.3 Å². The van der Waals surface area contributed by atoms with Crippen LogP contribution in [-0.4, -0.2) is 28.6 Å². The zero-order valence-electron chi connectivity index (χ0n) is 13.1. The molecule has 0 fully saturated rings. The Morgan fingerprint density at radius 1 is 0.947 bits per heavy atom. The molecule has 0 saturated carbocycles. The van der Waals surface area contributed by atoms with Gasteiger partial charge in [-0.05, 0) is 43.9 Å². The maximum Gasteiger partial charge on any atom is 0.192 e. The lowest BCUT2D eigenvalue weighted by atomic mass is 10.2. The summed E-state index contributed by atoms with van der Waals surface area (Å²) < 4.78 is 11.5. The summed E-state index contributed by atoms with van der Waals surface area (Å²) in [4.78, 5) is 0. The van der Waals surface area contributed by atoms with E-state index in [1.807, 2.05) is 12.1 Å². The van der Waals surface area contributed by atoms with Gasteiger partial charge < -0.3 is 9.16 Å². The molecule has 0 heterocycles. The van der Waals surface area contributed by atoms with Crippen molar-refractivity contribution in [3.8, 4) is 5.75 Å². The van der Waals surface area contributed by atoms with Crippen molar-refractivity contribution in [2.75, 3.05) is 7.11 Å². The first-order chi connectivity index (χ1) is 8.61. The summed E-state index contributed by atoms with van der Waals surface area (Å²) in [5, 5.41) is 0. The fraction of sp³-hybridized carbons (Fsp3) is 0.500. The Morgan fingerprint density at radius 2 is 1.47 bits per heavy atom. The summed E-state index contributed by atoms with van der Waals surface area (Å²) in [7, 11) is 0.257. The smallest absolute Gasteiger partial charge is 0.192 e. The summed E-state index contributed by atoms with van der Waals surface area (Å²) in [5.41, 5.74) is 2.33. The molecule has 0 aliphatic rings. The molecule has 1 aromatic carbocycles. The predicted molar refractivity (Wildman–Crippen MR) is 91.8 cm³/mol. The minimum Gasteiger partial charge on any atom is -0.497 e. The van der Waals surface area contributed by atoms with Gasteiger partial charge in [-0.1, -0.05) is 27.4 Å². The zero-order valence-corrected chi connectivity index (χ0v) is 16.0. The molecule has 0 saturated heterocycles. The number of methoxy groups -OCH3 is 1. The largest absolute Gasteiger partial charge is 0.497 e. The molecule has 0 atom stereocenters. The highest BCUT2D eigenvalue weighted by Gasteiger charge is 2.21. The van der Waals surface area contributed by atoms with Crippen molar-refractivity contribution in [2.45, 2.75) is 39.3 Å². The molecule has 1 rings (SSSR count). The van der Waals surface area contributed by atoms with E-state index < -0.39 is 16.1 Å². The Kier molecular flexibility index (Phi) is 5.57. The number of hydrogen-bond acceptors (Lipinski definition) is 2. The van der Waals surface area contributed by atoms with Gasteiger partial charge in [0, 0.05) is 5.56 Å². The fourth-order valence-corrected chi connectivity index (χ4v) is 6.69. The molecule has 0 unspecified atom stereocenters. The molecule has 2 nitrogen and oxygen atoms in total. The Hall–Kier alpha value is -0.416. The van der Waals surface area contributed by atoms with Crippen LogP contribution < -0.4 is 4.74 Å². The lowest BCUT2D eigenvalue weighted by molar-refractivity contribution is 0.414. The third-order valence-corrected chi connectivity index (χ3v) is 7.01. The Balaban J connectivity index is 3.12. The lowest BCUT2D eigenvalue weighted by Gasteiger charge is -2.22. The van der Waals surface area contributed by atoms with Crippen molar-refractivity contribution in [3.05, 3.63) is 29.8 Å². The average molecular weight is 312 g/mol. The van der Waals surface area contributed by atoms with Crippen LogP contribution in [-0.2, 0) is 4.43 Å². The molecular weight excluding hydrogens is 287 g/mol. The van der Waals surface area contributed by atoms with Crippen LogP contribution >= 0.6 is 7.75 Å². The van der Waals surface area contributed by atoms with Gasteiger partial charge in [0.2, 0.25) is 0 Å². The second kappa shape index (κ2) is 6.36. The van der Waals surface area contributed by atoms with Crippen molar-refractivity contribution in [1.29, 1.82) is 0 Å². The second-order valence-electron chi connectivity index (χ2n) is 6.53. The molecule has 19 heavy (non-hydrogen) atoms. The van der Waals surface area contributed by atoms with Gasteiger partial charge in [-0.15, -0.1) is 0 Å². The van der Waals surface area contributed by atoms with Crippen LogP contribution in [0.4, 0.5) is 0 Å². The highest BCUT2D eigenvalue weighted by Crippen LogP contribution is 2.26. The Labute approximate surface area is 120 Å². The van der Waals surface area contributed by atoms with Gasteiger partial charge in [-0.25, -0.2) is 0 Å². The maximum atomic E-state index is 6.31. The molecular formula is C14H25O2PSi2. The topological polar surface area (TPSA) is 18.5 Å². The zero-order chi connectivity index (χ0) is 14.7. The highest BCUT2D eigenvalue weighted by molar-refractivity contribution is 7.81. The third-order valence-electron chi connectivity index (χ3n) is 2.18. The molecule has 0 aromatic heterocycles. The van der Waals surface area contributed by atoms with Crippen LogP contribution in [0.1, 0.15) is 5.56 Å². The Morgan fingerprint density at radius 3 is 1.84 bits per heavy atom. The molecule has 5 heteroatoms. The molecule has 0 aliphatic carbocycles. The SMILES string of the molecule is COc1ccc(C(O[Si](C)(C)C)=P[Si](C)(C)C)cc1. The molecule has 0 aliphatic heterocycles. The van der Waals surface area contributed by atoms with Gasteiger partial charge >= 0.3 is 0 Å². The van der Waals surface area contributed by atoms with Crippen LogP contribution in [0.5, 0.6) is 5.75 Å². The first-order valence-corrected chi connectivity index (χ1v) is 15.2. The predicted octanol–water partition coefficient (Wildman–Crippen LogP) is 4.81. The van der Waals surface area contributed by atoms with Crippen molar-refractivity contribution in [1.82, 2.24) is 0 Å². The van der Waals surface area contributed by atoms with E-state index >= 15 is 0 Å². The first kappa shape index (κ1) is 16.6.